The molecule has 0 aliphatic rings. The van der Waals surface area contributed by atoms with Gasteiger partial charge in [-0.25, -0.2) is 4.98 Å². The topological polar surface area (TPSA) is 55.1 Å². The Morgan fingerprint density at radius 1 is 1.38 bits per heavy atom. The third-order valence-electron chi connectivity index (χ3n) is 2.09. The summed E-state index contributed by atoms with van der Waals surface area (Å²) in [7, 11) is 0. The van der Waals surface area contributed by atoms with E-state index in [0.717, 1.165) is 10.2 Å². The summed E-state index contributed by atoms with van der Waals surface area (Å²) in [5, 5.41) is 8.63. The van der Waals surface area contributed by atoms with Gasteiger partial charge >= 0.3 is 5.97 Å². The minimum Gasteiger partial charge on any atom is -0.481 e. The maximum atomic E-state index is 10.5. The van der Waals surface area contributed by atoms with Gasteiger partial charge in [0.25, 0.3) is 0 Å². The van der Waals surface area contributed by atoms with Crippen molar-refractivity contribution in [3.63, 3.8) is 0 Å². The maximum absolute atomic E-state index is 10.5. The van der Waals surface area contributed by atoms with E-state index in [1.165, 1.54) is 0 Å². The van der Waals surface area contributed by atoms with Crippen molar-refractivity contribution < 1.29 is 9.90 Å². The first kappa shape index (κ1) is 10.9. The molecule has 0 unspecified atom stereocenters. The normalized spacial score (nSPS) is 10.3. The monoisotopic (exact) mass is 280 g/mol. The van der Waals surface area contributed by atoms with E-state index in [9.17, 15) is 4.79 Å². The lowest BCUT2D eigenvalue weighted by molar-refractivity contribution is -0.136. The quantitative estimate of drug-likeness (QED) is 0.938. The highest BCUT2D eigenvalue weighted by Gasteiger charge is 2.04. The molecular weight excluding hydrogens is 272 g/mol. The summed E-state index contributed by atoms with van der Waals surface area (Å²) in [6.45, 7) is 0. The summed E-state index contributed by atoms with van der Waals surface area (Å²) in [6.07, 6.45) is 3.28. The molecule has 1 aromatic heterocycles. The first-order valence-electron chi connectivity index (χ1n) is 4.66. The average molecular weight is 281 g/mol. The van der Waals surface area contributed by atoms with Crippen LogP contribution in [0.25, 0.3) is 5.69 Å². The molecule has 0 fully saturated rings. The van der Waals surface area contributed by atoms with Crippen LogP contribution in [0.2, 0.25) is 0 Å². The minimum absolute atomic E-state index is 0.0521. The van der Waals surface area contributed by atoms with Gasteiger partial charge in [-0.2, -0.15) is 0 Å². The number of aromatic nitrogens is 2. The zero-order valence-corrected chi connectivity index (χ0v) is 9.89. The van der Waals surface area contributed by atoms with Crippen LogP contribution in [0.3, 0.4) is 0 Å². The van der Waals surface area contributed by atoms with E-state index in [-0.39, 0.29) is 6.42 Å². The lowest BCUT2D eigenvalue weighted by atomic mass is 10.3. The molecule has 0 aliphatic carbocycles. The number of rotatable bonds is 3. The fraction of sp³-hybridized carbons (Fsp3) is 0.0909. The second-order valence-corrected chi connectivity index (χ2v) is 4.23. The van der Waals surface area contributed by atoms with Gasteiger partial charge in [0, 0.05) is 16.4 Å². The zero-order valence-electron chi connectivity index (χ0n) is 8.30. The van der Waals surface area contributed by atoms with Crippen molar-refractivity contribution in [2.45, 2.75) is 6.42 Å². The van der Waals surface area contributed by atoms with Crippen molar-refractivity contribution >= 4 is 21.9 Å². The van der Waals surface area contributed by atoms with E-state index in [1.807, 2.05) is 24.3 Å². The molecule has 0 bridgehead atoms. The zero-order chi connectivity index (χ0) is 11.5. The number of carboxylic acid groups (broad SMARTS) is 1. The number of hydrogen-bond acceptors (Lipinski definition) is 2. The summed E-state index contributed by atoms with van der Waals surface area (Å²) in [6, 6.07) is 7.70. The molecule has 0 aliphatic heterocycles. The predicted molar refractivity (Wildman–Crippen MR) is 62.6 cm³/mol. The SMILES string of the molecule is O=C(O)Cc1cn(-c2ccc(Br)cc2)cn1. The largest absolute Gasteiger partial charge is 0.481 e. The molecule has 1 heterocycles. The van der Waals surface area contributed by atoms with Crippen molar-refractivity contribution in [1.82, 2.24) is 9.55 Å². The molecule has 0 amide bonds. The Hall–Kier alpha value is -1.62. The highest BCUT2D eigenvalue weighted by Crippen LogP contribution is 2.14. The van der Waals surface area contributed by atoms with Crippen LogP contribution in [0.5, 0.6) is 0 Å². The lowest BCUT2D eigenvalue weighted by Crippen LogP contribution is -1.99. The Balaban J connectivity index is 2.24. The molecular formula is C11H9BrN2O2. The number of benzene rings is 1. The van der Waals surface area contributed by atoms with Gasteiger partial charge in [-0.1, -0.05) is 15.9 Å². The number of imidazole rings is 1. The van der Waals surface area contributed by atoms with Gasteiger partial charge in [0.15, 0.2) is 0 Å². The lowest BCUT2D eigenvalue weighted by Gasteiger charge is -2.00. The van der Waals surface area contributed by atoms with Crippen molar-refractivity contribution in [2.24, 2.45) is 0 Å². The number of carboxylic acids is 1. The first-order chi connectivity index (χ1) is 7.65. The van der Waals surface area contributed by atoms with Crippen LogP contribution in [0.1, 0.15) is 5.69 Å². The van der Waals surface area contributed by atoms with Crippen LogP contribution in [0, 0.1) is 0 Å². The van der Waals surface area contributed by atoms with Gasteiger partial charge in [-0.05, 0) is 24.3 Å². The Morgan fingerprint density at radius 2 is 2.06 bits per heavy atom. The van der Waals surface area contributed by atoms with E-state index in [1.54, 1.807) is 17.1 Å². The van der Waals surface area contributed by atoms with Crippen LogP contribution in [-0.4, -0.2) is 20.6 Å². The first-order valence-corrected chi connectivity index (χ1v) is 5.45. The van der Waals surface area contributed by atoms with E-state index in [2.05, 4.69) is 20.9 Å². The van der Waals surface area contributed by atoms with Gasteiger partial charge in [-0.3, -0.25) is 4.79 Å². The van der Waals surface area contributed by atoms with Crippen LogP contribution in [0.15, 0.2) is 41.3 Å². The van der Waals surface area contributed by atoms with Gasteiger partial charge in [0.05, 0.1) is 18.4 Å². The number of halogens is 1. The summed E-state index contributed by atoms with van der Waals surface area (Å²) in [5.41, 5.74) is 1.50. The second kappa shape index (κ2) is 4.49. The summed E-state index contributed by atoms with van der Waals surface area (Å²) >= 11 is 3.35. The predicted octanol–water partition coefficient (Wildman–Crippen LogP) is 2.26. The molecule has 2 aromatic rings. The molecule has 0 spiro atoms. The third-order valence-corrected chi connectivity index (χ3v) is 2.62. The maximum Gasteiger partial charge on any atom is 0.309 e. The molecule has 4 nitrogen and oxygen atoms in total. The smallest absolute Gasteiger partial charge is 0.309 e. The standard InChI is InChI=1S/C11H9BrN2O2/c12-8-1-3-10(4-2-8)14-6-9(13-7-14)5-11(15)16/h1-4,6-7H,5H2,(H,15,16). The van der Waals surface area contributed by atoms with E-state index >= 15 is 0 Å². The van der Waals surface area contributed by atoms with Gasteiger partial charge in [0.2, 0.25) is 0 Å². The summed E-state index contributed by atoms with van der Waals surface area (Å²) in [5.74, 6) is -0.874. The van der Waals surface area contributed by atoms with Crippen LogP contribution in [-0.2, 0) is 11.2 Å². The molecule has 1 N–H and O–H groups in total. The molecule has 82 valence electrons. The van der Waals surface area contributed by atoms with Gasteiger partial charge < -0.3 is 9.67 Å². The number of nitrogens with zero attached hydrogens (tertiary/aromatic N) is 2. The number of aliphatic carboxylic acids is 1. The molecule has 0 atom stereocenters. The van der Waals surface area contributed by atoms with E-state index < -0.39 is 5.97 Å². The Bertz CT molecular complexity index is 505. The second-order valence-electron chi connectivity index (χ2n) is 3.32. The van der Waals surface area contributed by atoms with Crippen molar-refractivity contribution in [1.29, 1.82) is 0 Å². The molecule has 0 saturated carbocycles. The van der Waals surface area contributed by atoms with E-state index in [0.29, 0.717) is 5.69 Å². The van der Waals surface area contributed by atoms with Crippen LogP contribution in [0.4, 0.5) is 0 Å². The highest BCUT2D eigenvalue weighted by molar-refractivity contribution is 9.10. The molecule has 16 heavy (non-hydrogen) atoms. The van der Waals surface area contributed by atoms with Crippen molar-refractivity contribution in [2.75, 3.05) is 0 Å². The van der Waals surface area contributed by atoms with Crippen LogP contribution < -0.4 is 0 Å². The van der Waals surface area contributed by atoms with Crippen molar-refractivity contribution in [3.05, 3.63) is 47.0 Å². The fourth-order valence-electron chi connectivity index (χ4n) is 1.36. The van der Waals surface area contributed by atoms with Gasteiger partial charge in [0.1, 0.15) is 0 Å². The van der Waals surface area contributed by atoms with Crippen LogP contribution >= 0.6 is 15.9 Å². The summed E-state index contributed by atoms with van der Waals surface area (Å²) in [4.78, 5) is 14.5. The average Bonchev–Trinajstić information content (AvgIpc) is 2.66. The van der Waals surface area contributed by atoms with Gasteiger partial charge in [-0.15, -0.1) is 0 Å². The Labute approximate surface area is 101 Å². The van der Waals surface area contributed by atoms with E-state index in [4.69, 9.17) is 5.11 Å². The third kappa shape index (κ3) is 2.49. The minimum atomic E-state index is -0.874. The molecule has 0 radical (unpaired) electrons. The molecule has 1 aromatic carbocycles. The summed E-state index contributed by atoms with van der Waals surface area (Å²) < 4.78 is 2.80. The Morgan fingerprint density at radius 3 is 2.69 bits per heavy atom. The number of hydrogen-bond donors (Lipinski definition) is 1. The molecule has 2 rings (SSSR count). The fourth-order valence-corrected chi connectivity index (χ4v) is 1.63. The highest BCUT2D eigenvalue weighted by atomic mass is 79.9. The number of carbonyl (C=O) groups is 1. The Kier molecular flexibility index (Phi) is 3.05. The molecule has 5 heteroatoms. The molecule has 0 saturated heterocycles. The van der Waals surface area contributed by atoms with Crippen molar-refractivity contribution in [3.8, 4) is 5.69 Å².